The molecule has 8 nitrogen and oxygen atoms in total. The van der Waals surface area contributed by atoms with Crippen LogP contribution in [0.15, 0.2) is 78.9 Å². The molecular formula is C40H49N5O3. The summed E-state index contributed by atoms with van der Waals surface area (Å²) in [5, 5.41) is 4.51. The maximum absolute atomic E-state index is 14.8. The summed E-state index contributed by atoms with van der Waals surface area (Å²) in [6, 6.07) is 26.7. The summed E-state index contributed by atoms with van der Waals surface area (Å²) in [5.41, 5.74) is 5.56. The number of likely N-dealkylation sites (tertiary alicyclic amines) is 1. The number of amides is 2. The van der Waals surface area contributed by atoms with Crippen molar-refractivity contribution in [3.63, 3.8) is 0 Å². The standard InChI is InChI=1S/C40H49N5O3/c1-28-36(32-12-8-9-13-34(32)41-28)37-33(39(37,2)3)26-35(46)45(27-29-10-6-5-7-11-29)40(18-20-43(4)21-19-40)38(47)42-30-14-16-31(17-15-30)44-22-24-48-25-23-44/h5-17,33,37,41H,18-27H2,1-4H3,(H,42,47)/t33-,37+/m0/s1. The predicted molar refractivity (Wildman–Crippen MR) is 192 cm³/mol. The molecule has 0 unspecified atom stereocenters. The number of hydrogen-bond acceptors (Lipinski definition) is 5. The number of morpholine rings is 1. The highest BCUT2D eigenvalue weighted by Gasteiger charge is 2.60. The number of aromatic amines is 1. The Morgan fingerprint density at radius 1 is 0.917 bits per heavy atom. The molecule has 1 aliphatic carbocycles. The molecule has 3 fully saturated rings. The maximum Gasteiger partial charge on any atom is 0.250 e. The highest BCUT2D eigenvalue weighted by Crippen LogP contribution is 2.67. The minimum Gasteiger partial charge on any atom is -0.378 e. The third kappa shape index (κ3) is 6.12. The lowest BCUT2D eigenvalue weighted by Gasteiger charge is -2.47. The van der Waals surface area contributed by atoms with Gasteiger partial charge in [0.15, 0.2) is 0 Å². The van der Waals surface area contributed by atoms with Gasteiger partial charge in [0.2, 0.25) is 11.8 Å². The Bertz CT molecular complexity index is 1750. The molecule has 0 radical (unpaired) electrons. The van der Waals surface area contributed by atoms with Crippen molar-refractivity contribution >= 4 is 34.1 Å². The van der Waals surface area contributed by atoms with Crippen LogP contribution in [-0.2, 0) is 20.9 Å². The molecule has 4 aromatic rings. The second-order valence-electron chi connectivity index (χ2n) is 14.7. The van der Waals surface area contributed by atoms with Gasteiger partial charge in [-0.1, -0.05) is 62.4 Å². The van der Waals surface area contributed by atoms with E-state index in [1.165, 1.54) is 16.6 Å². The second-order valence-corrected chi connectivity index (χ2v) is 14.7. The van der Waals surface area contributed by atoms with Crippen LogP contribution in [0.3, 0.4) is 0 Å². The SMILES string of the molecule is Cc1[nH]c2ccccc2c1[C@H]1[C@H](CC(=O)N(Cc2ccccc2)C2(C(=O)Nc3ccc(N4CCOCC4)cc3)CCN(C)CC2)C1(C)C. The molecule has 1 saturated carbocycles. The molecule has 2 aliphatic heterocycles. The van der Waals surface area contributed by atoms with E-state index in [-0.39, 0.29) is 29.1 Å². The van der Waals surface area contributed by atoms with E-state index < -0.39 is 5.54 Å². The zero-order chi connectivity index (χ0) is 33.5. The predicted octanol–water partition coefficient (Wildman–Crippen LogP) is 6.57. The van der Waals surface area contributed by atoms with Gasteiger partial charge in [0.1, 0.15) is 5.54 Å². The molecule has 3 aliphatic rings. The molecule has 48 heavy (non-hydrogen) atoms. The van der Waals surface area contributed by atoms with Crippen molar-refractivity contribution in [2.24, 2.45) is 11.3 Å². The smallest absolute Gasteiger partial charge is 0.250 e. The van der Waals surface area contributed by atoms with Gasteiger partial charge in [0.25, 0.3) is 0 Å². The number of anilines is 2. The highest BCUT2D eigenvalue weighted by atomic mass is 16.5. The van der Waals surface area contributed by atoms with E-state index in [9.17, 15) is 9.59 Å². The number of nitrogens with zero attached hydrogens (tertiary/aromatic N) is 3. The van der Waals surface area contributed by atoms with Crippen LogP contribution in [0, 0.1) is 18.3 Å². The first-order chi connectivity index (χ1) is 23.2. The van der Waals surface area contributed by atoms with Crippen LogP contribution in [0.1, 0.15) is 55.8 Å². The summed E-state index contributed by atoms with van der Waals surface area (Å²) in [7, 11) is 2.09. The number of aromatic nitrogens is 1. The Balaban J connectivity index is 1.18. The van der Waals surface area contributed by atoms with E-state index in [1.807, 2.05) is 35.2 Å². The summed E-state index contributed by atoms with van der Waals surface area (Å²) in [4.78, 5) is 39.5. The van der Waals surface area contributed by atoms with Gasteiger partial charge in [-0.15, -0.1) is 0 Å². The van der Waals surface area contributed by atoms with Gasteiger partial charge in [-0.3, -0.25) is 9.59 Å². The Morgan fingerprint density at radius 2 is 1.58 bits per heavy atom. The molecule has 0 spiro atoms. The number of rotatable bonds is 9. The molecule has 2 N–H and O–H groups in total. The monoisotopic (exact) mass is 647 g/mol. The number of H-pyrrole nitrogens is 1. The molecule has 0 bridgehead atoms. The van der Waals surface area contributed by atoms with E-state index in [4.69, 9.17) is 4.74 Å². The largest absolute Gasteiger partial charge is 0.378 e. The Labute approximate surface area is 284 Å². The van der Waals surface area contributed by atoms with Gasteiger partial charge < -0.3 is 29.7 Å². The number of fused-ring (bicyclic) bond motifs is 1. The van der Waals surface area contributed by atoms with E-state index >= 15 is 0 Å². The van der Waals surface area contributed by atoms with Gasteiger partial charge in [-0.25, -0.2) is 0 Å². The zero-order valence-corrected chi connectivity index (χ0v) is 28.8. The summed E-state index contributed by atoms with van der Waals surface area (Å²) in [6.45, 7) is 11.8. The molecule has 3 aromatic carbocycles. The Hall–Kier alpha value is -4.14. The van der Waals surface area contributed by atoms with Crippen molar-refractivity contribution in [1.29, 1.82) is 0 Å². The minimum absolute atomic E-state index is 0.0335. The molecule has 3 heterocycles. The molecule has 7 rings (SSSR count). The number of piperidine rings is 1. The average molecular weight is 648 g/mol. The third-order valence-electron chi connectivity index (χ3n) is 11.4. The zero-order valence-electron chi connectivity index (χ0n) is 28.8. The molecule has 2 saturated heterocycles. The van der Waals surface area contributed by atoms with Gasteiger partial charge in [0.05, 0.1) is 13.2 Å². The summed E-state index contributed by atoms with van der Waals surface area (Å²) in [5.74, 6) is 0.404. The van der Waals surface area contributed by atoms with Crippen molar-refractivity contribution in [1.82, 2.24) is 14.8 Å². The first kappa shape index (κ1) is 32.4. The number of benzene rings is 3. The van der Waals surface area contributed by atoms with Crippen LogP contribution < -0.4 is 10.2 Å². The quantitative estimate of drug-likeness (QED) is 0.215. The van der Waals surface area contributed by atoms with Gasteiger partial charge in [-0.2, -0.15) is 0 Å². The third-order valence-corrected chi connectivity index (χ3v) is 11.4. The first-order valence-electron chi connectivity index (χ1n) is 17.5. The number of carbonyl (C=O) groups excluding carboxylic acids is 2. The molecule has 8 heteroatoms. The van der Waals surface area contributed by atoms with E-state index in [2.05, 4.69) is 96.5 Å². The summed E-state index contributed by atoms with van der Waals surface area (Å²) >= 11 is 0. The Morgan fingerprint density at radius 3 is 2.29 bits per heavy atom. The second kappa shape index (κ2) is 13.1. The van der Waals surface area contributed by atoms with Crippen molar-refractivity contribution in [3.05, 3.63) is 95.7 Å². The normalized spacial score (nSPS) is 22.0. The fourth-order valence-electron chi connectivity index (χ4n) is 8.37. The Kier molecular flexibility index (Phi) is 8.81. The lowest BCUT2D eigenvalue weighted by atomic mass is 9.83. The first-order valence-corrected chi connectivity index (χ1v) is 17.5. The van der Waals surface area contributed by atoms with Gasteiger partial charge in [-0.05, 0) is 85.5 Å². The number of para-hydroxylation sites is 1. The van der Waals surface area contributed by atoms with Gasteiger partial charge in [0, 0.05) is 67.1 Å². The average Bonchev–Trinajstić information content (AvgIpc) is 3.45. The fourth-order valence-corrected chi connectivity index (χ4v) is 8.37. The number of hydrogen-bond donors (Lipinski definition) is 2. The van der Waals surface area contributed by atoms with Crippen LogP contribution >= 0.6 is 0 Å². The van der Waals surface area contributed by atoms with E-state index in [1.54, 1.807) is 0 Å². The van der Waals surface area contributed by atoms with Gasteiger partial charge >= 0.3 is 0 Å². The number of carbonyl (C=O) groups is 2. The molecular weight excluding hydrogens is 598 g/mol. The minimum atomic E-state index is -0.965. The van der Waals surface area contributed by atoms with Crippen LogP contribution in [0.4, 0.5) is 11.4 Å². The molecule has 252 valence electrons. The molecule has 1 aromatic heterocycles. The fraction of sp³-hybridized carbons (Fsp3) is 0.450. The van der Waals surface area contributed by atoms with Crippen LogP contribution in [0.5, 0.6) is 0 Å². The lowest BCUT2D eigenvalue weighted by Crippen LogP contribution is -2.62. The van der Waals surface area contributed by atoms with Crippen molar-refractivity contribution in [3.8, 4) is 0 Å². The van der Waals surface area contributed by atoms with Crippen LogP contribution in [0.2, 0.25) is 0 Å². The summed E-state index contributed by atoms with van der Waals surface area (Å²) < 4.78 is 5.52. The number of ether oxygens (including phenoxy) is 1. The summed E-state index contributed by atoms with van der Waals surface area (Å²) in [6.07, 6.45) is 1.57. The van der Waals surface area contributed by atoms with E-state index in [0.717, 1.165) is 61.8 Å². The van der Waals surface area contributed by atoms with Crippen molar-refractivity contribution in [2.45, 2.75) is 58.0 Å². The maximum atomic E-state index is 14.8. The lowest BCUT2D eigenvalue weighted by molar-refractivity contribution is -0.150. The van der Waals surface area contributed by atoms with Crippen LogP contribution in [-0.4, -0.2) is 78.6 Å². The number of aryl methyl sites for hydroxylation is 1. The highest BCUT2D eigenvalue weighted by molar-refractivity contribution is 6.01. The topological polar surface area (TPSA) is 80.9 Å². The molecule has 2 amide bonds. The van der Waals surface area contributed by atoms with Crippen molar-refractivity contribution in [2.75, 3.05) is 56.7 Å². The van der Waals surface area contributed by atoms with Crippen LogP contribution in [0.25, 0.3) is 10.9 Å². The van der Waals surface area contributed by atoms with E-state index in [0.29, 0.717) is 25.8 Å². The molecule has 2 atom stereocenters. The van der Waals surface area contributed by atoms with Crippen molar-refractivity contribution < 1.29 is 14.3 Å². The number of nitrogens with one attached hydrogen (secondary N) is 2.